The predicted octanol–water partition coefficient (Wildman–Crippen LogP) is 6.55. The van der Waals surface area contributed by atoms with Gasteiger partial charge in [-0.25, -0.2) is 4.98 Å². The second kappa shape index (κ2) is 10.8. The number of unbranched alkanes of at least 4 members (excludes halogenated alkanes) is 2. The zero-order valence-corrected chi connectivity index (χ0v) is 18.6. The van der Waals surface area contributed by atoms with Crippen LogP contribution in [-0.4, -0.2) is 24.7 Å². The largest absolute Gasteiger partial charge is 0.478 e. The van der Waals surface area contributed by atoms with Gasteiger partial charge in [-0.3, -0.25) is 4.79 Å². The van der Waals surface area contributed by atoms with Crippen molar-refractivity contribution < 1.29 is 14.3 Å². The quantitative estimate of drug-likeness (QED) is 0.277. The van der Waals surface area contributed by atoms with E-state index in [2.05, 4.69) is 30.3 Å². The Bertz CT molecular complexity index is 911. The monoisotopic (exact) mass is 417 g/mol. The van der Waals surface area contributed by atoms with E-state index in [9.17, 15) is 4.79 Å². The van der Waals surface area contributed by atoms with Gasteiger partial charge in [-0.15, -0.1) is 0 Å². The summed E-state index contributed by atoms with van der Waals surface area (Å²) in [5.41, 5.74) is 3.75. The van der Waals surface area contributed by atoms with Crippen molar-refractivity contribution in [1.29, 1.82) is 0 Å². The molecule has 0 aliphatic carbocycles. The summed E-state index contributed by atoms with van der Waals surface area (Å²) in [6.45, 7) is 4.46. The maximum atomic E-state index is 11.8. The number of ether oxygens (including phenoxy) is 2. The van der Waals surface area contributed by atoms with Crippen LogP contribution in [0.1, 0.15) is 39.5 Å². The van der Waals surface area contributed by atoms with Crippen molar-refractivity contribution in [3.05, 3.63) is 72.8 Å². The Morgan fingerprint density at radius 2 is 1.48 bits per heavy atom. The summed E-state index contributed by atoms with van der Waals surface area (Å²) < 4.78 is 10.9. The van der Waals surface area contributed by atoms with Crippen molar-refractivity contribution in [1.82, 2.24) is 4.98 Å². The molecule has 0 atom stereocenters. The molecule has 4 nitrogen and oxygen atoms in total. The number of aromatic nitrogens is 1. The lowest BCUT2D eigenvalue weighted by atomic mass is 9.87. The van der Waals surface area contributed by atoms with Crippen LogP contribution in [0.25, 0.3) is 22.4 Å². The predicted molar refractivity (Wildman–Crippen MR) is 125 cm³/mol. The molecule has 162 valence electrons. The number of rotatable bonds is 10. The topological polar surface area (TPSA) is 48.4 Å². The SMILES string of the molecule is COC(=O)C(C)(C)CCCCCOc1cc(-c2ccccc2)cc(-c2ccccc2)n1. The standard InChI is InChI=1S/C27H31NO3/c1-27(2,26(29)30-3)17-11-6-12-18-31-25-20-23(21-13-7-4-8-14-21)19-24(28-25)22-15-9-5-10-16-22/h4-5,7-10,13-16,19-20H,6,11-12,17-18H2,1-3H3. The number of nitrogens with zero attached hydrogens (tertiary/aromatic N) is 1. The number of hydrogen-bond donors (Lipinski definition) is 0. The van der Waals surface area contributed by atoms with E-state index in [1.807, 2.05) is 56.3 Å². The Labute approximate surface area is 185 Å². The van der Waals surface area contributed by atoms with Gasteiger partial charge >= 0.3 is 5.97 Å². The Hall–Kier alpha value is -3.14. The zero-order chi connectivity index (χ0) is 22.1. The van der Waals surface area contributed by atoms with E-state index >= 15 is 0 Å². The fourth-order valence-electron chi connectivity index (χ4n) is 3.53. The van der Waals surface area contributed by atoms with Gasteiger partial charge < -0.3 is 9.47 Å². The molecule has 3 aromatic rings. The molecule has 1 aromatic heterocycles. The minimum absolute atomic E-state index is 0.154. The fourth-order valence-corrected chi connectivity index (χ4v) is 3.53. The van der Waals surface area contributed by atoms with E-state index in [0.717, 1.165) is 48.1 Å². The maximum absolute atomic E-state index is 11.8. The molecule has 0 bridgehead atoms. The van der Waals surface area contributed by atoms with Crippen LogP contribution < -0.4 is 4.74 Å². The average molecular weight is 418 g/mol. The molecular formula is C27H31NO3. The highest BCUT2D eigenvalue weighted by atomic mass is 16.5. The van der Waals surface area contributed by atoms with Crippen LogP contribution in [0.2, 0.25) is 0 Å². The second-order valence-corrected chi connectivity index (χ2v) is 8.35. The van der Waals surface area contributed by atoms with Crippen LogP contribution in [-0.2, 0) is 9.53 Å². The summed E-state index contributed by atoms with van der Waals surface area (Å²) in [4.78, 5) is 16.5. The molecule has 0 radical (unpaired) electrons. The first kappa shape index (κ1) is 22.5. The van der Waals surface area contributed by atoms with Crippen molar-refractivity contribution in [2.45, 2.75) is 39.5 Å². The van der Waals surface area contributed by atoms with E-state index in [1.54, 1.807) is 0 Å². The van der Waals surface area contributed by atoms with Gasteiger partial charge in [-0.05, 0) is 43.9 Å². The van der Waals surface area contributed by atoms with Crippen molar-refractivity contribution in [2.24, 2.45) is 5.41 Å². The number of methoxy groups -OCH3 is 1. The molecule has 3 rings (SSSR count). The number of carbonyl (C=O) groups is 1. The summed E-state index contributed by atoms with van der Waals surface area (Å²) in [6, 6.07) is 24.5. The Kier molecular flexibility index (Phi) is 7.82. The summed E-state index contributed by atoms with van der Waals surface area (Å²) in [5.74, 6) is 0.481. The van der Waals surface area contributed by atoms with Crippen LogP contribution in [0, 0.1) is 5.41 Å². The lowest BCUT2D eigenvalue weighted by Crippen LogP contribution is -2.25. The van der Waals surface area contributed by atoms with E-state index < -0.39 is 5.41 Å². The fraction of sp³-hybridized carbons (Fsp3) is 0.333. The third-order valence-corrected chi connectivity index (χ3v) is 5.41. The third kappa shape index (κ3) is 6.42. The average Bonchev–Trinajstić information content (AvgIpc) is 2.81. The van der Waals surface area contributed by atoms with Crippen LogP contribution in [0.5, 0.6) is 5.88 Å². The van der Waals surface area contributed by atoms with Crippen LogP contribution in [0.15, 0.2) is 72.8 Å². The van der Waals surface area contributed by atoms with Crippen molar-refractivity contribution >= 4 is 5.97 Å². The van der Waals surface area contributed by atoms with Crippen LogP contribution in [0.3, 0.4) is 0 Å². The van der Waals surface area contributed by atoms with E-state index in [1.165, 1.54) is 7.11 Å². The highest BCUT2D eigenvalue weighted by Gasteiger charge is 2.27. The third-order valence-electron chi connectivity index (χ3n) is 5.41. The molecule has 31 heavy (non-hydrogen) atoms. The normalized spacial score (nSPS) is 11.2. The molecule has 0 spiro atoms. The highest BCUT2D eigenvalue weighted by Crippen LogP contribution is 2.29. The zero-order valence-electron chi connectivity index (χ0n) is 18.6. The summed E-state index contributed by atoms with van der Waals surface area (Å²) in [6.07, 6.45) is 3.66. The van der Waals surface area contributed by atoms with Gasteiger partial charge in [0.2, 0.25) is 5.88 Å². The van der Waals surface area contributed by atoms with E-state index in [4.69, 9.17) is 14.5 Å². The summed E-state index contributed by atoms with van der Waals surface area (Å²) >= 11 is 0. The Morgan fingerprint density at radius 3 is 2.13 bits per heavy atom. The number of hydrogen-bond acceptors (Lipinski definition) is 4. The molecule has 0 fully saturated rings. The number of esters is 1. The van der Waals surface area contributed by atoms with E-state index in [0.29, 0.717) is 12.5 Å². The van der Waals surface area contributed by atoms with Gasteiger partial charge in [0.1, 0.15) is 0 Å². The minimum Gasteiger partial charge on any atom is -0.478 e. The molecule has 0 saturated carbocycles. The molecule has 4 heteroatoms. The van der Waals surface area contributed by atoms with Gasteiger partial charge in [0, 0.05) is 11.6 Å². The molecule has 1 heterocycles. The van der Waals surface area contributed by atoms with Crippen molar-refractivity contribution in [3.63, 3.8) is 0 Å². The lowest BCUT2D eigenvalue weighted by Gasteiger charge is -2.21. The minimum atomic E-state index is -0.439. The van der Waals surface area contributed by atoms with Gasteiger partial charge in [0.15, 0.2) is 0 Å². The molecule has 0 unspecified atom stereocenters. The molecule has 0 saturated heterocycles. The molecule has 0 aliphatic rings. The highest BCUT2D eigenvalue weighted by molar-refractivity contribution is 5.75. The smallest absolute Gasteiger partial charge is 0.311 e. The van der Waals surface area contributed by atoms with Crippen molar-refractivity contribution in [3.8, 4) is 28.3 Å². The molecular weight excluding hydrogens is 386 g/mol. The molecule has 0 amide bonds. The number of pyridine rings is 1. The molecule has 0 N–H and O–H groups in total. The number of benzene rings is 2. The van der Waals surface area contributed by atoms with Crippen LogP contribution >= 0.6 is 0 Å². The first-order valence-corrected chi connectivity index (χ1v) is 10.8. The first-order valence-electron chi connectivity index (χ1n) is 10.8. The summed E-state index contributed by atoms with van der Waals surface area (Å²) in [7, 11) is 1.44. The van der Waals surface area contributed by atoms with Gasteiger partial charge in [-0.1, -0.05) is 73.5 Å². The summed E-state index contributed by atoms with van der Waals surface area (Å²) in [5, 5.41) is 0. The first-order chi connectivity index (χ1) is 15.0. The van der Waals surface area contributed by atoms with E-state index in [-0.39, 0.29) is 5.97 Å². The van der Waals surface area contributed by atoms with Crippen LogP contribution in [0.4, 0.5) is 0 Å². The second-order valence-electron chi connectivity index (χ2n) is 8.35. The number of carbonyl (C=O) groups excluding carboxylic acids is 1. The Balaban J connectivity index is 1.63. The van der Waals surface area contributed by atoms with Gasteiger partial charge in [0.25, 0.3) is 0 Å². The Morgan fingerprint density at radius 1 is 0.839 bits per heavy atom. The maximum Gasteiger partial charge on any atom is 0.311 e. The van der Waals surface area contributed by atoms with Gasteiger partial charge in [-0.2, -0.15) is 0 Å². The van der Waals surface area contributed by atoms with Gasteiger partial charge in [0.05, 0.1) is 24.8 Å². The lowest BCUT2D eigenvalue weighted by molar-refractivity contribution is -0.151. The molecule has 0 aliphatic heterocycles. The molecule has 2 aromatic carbocycles. The van der Waals surface area contributed by atoms with Crippen molar-refractivity contribution in [2.75, 3.05) is 13.7 Å².